The Kier molecular flexibility index (Phi) is 5.66. The van der Waals surface area contributed by atoms with Crippen molar-refractivity contribution in [3.05, 3.63) is 41.7 Å². The predicted octanol–water partition coefficient (Wildman–Crippen LogP) is 3.49. The highest BCUT2D eigenvalue weighted by molar-refractivity contribution is 7.99. The molecular formula is C15H13F3N2O3S. The van der Waals surface area contributed by atoms with Crippen LogP contribution in [0.1, 0.15) is 16.1 Å². The van der Waals surface area contributed by atoms with Crippen LogP contribution in [0.2, 0.25) is 0 Å². The molecule has 1 aromatic carbocycles. The number of halogens is 3. The number of carbonyl (C=O) groups excluding carboxylic acids is 1. The highest BCUT2D eigenvalue weighted by Gasteiger charge is 2.32. The molecule has 0 aliphatic heterocycles. The number of carbonyl (C=O) groups is 1. The average molecular weight is 358 g/mol. The smallest absolute Gasteiger partial charge is 0.433 e. The van der Waals surface area contributed by atoms with E-state index in [4.69, 9.17) is 9.47 Å². The van der Waals surface area contributed by atoms with E-state index in [-0.39, 0.29) is 16.7 Å². The van der Waals surface area contributed by atoms with Crippen molar-refractivity contribution in [3.63, 3.8) is 0 Å². The molecule has 24 heavy (non-hydrogen) atoms. The van der Waals surface area contributed by atoms with Gasteiger partial charge in [-0.25, -0.2) is 9.97 Å². The Hall–Kier alpha value is -2.29. The van der Waals surface area contributed by atoms with Crippen molar-refractivity contribution in [1.82, 2.24) is 9.97 Å². The van der Waals surface area contributed by atoms with Crippen LogP contribution in [0.4, 0.5) is 13.2 Å². The van der Waals surface area contributed by atoms with Crippen LogP contribution in [0.5, 0.6) is 11.5 Å². The van der Waals surface area contributed by atoms with Crippen LogP contribution in [0, 0.1) is 0 Å². The quantitative estimate of drug-likeness (QED) is 0.448. The van der Waals surface area contributed by atoms with Crippen LogP contribution in [0.3, 0.4) is 0 Å². The molecule has 0 saturated heterocycles. The summed E-state index contributed by atoms with van der Waals surface area (Å²) >= 11 is 0.824. The van der Waals surface area contributed by atoms with Crippen LogP contribution in [0.25, 0.3) is 0 Å². The summed E-state index contributed by atoms with van der Waals surface area (Å²) in [6.45, 7) is 0. The third-order valence-corrected chi connectivity index (χ3v) is 3.83. The minimum absolute atomic E-state index is 0.120. The minimum atomic E-state index is -4.55. The zero-order valence-electron chi connectivity index (χ0n) is 12.8. The third-order valence-electron chi connectivity index (χ3n) is 2.97. The summed E-state index contributed by atoms with van der Waals surface area (Å²) in [4.78, 5) is 19.4. The van der Waals surface area contributed by atoms with E-state index in [1.807, 2.05) is 0 Å². The molecule has 9 heteroatoms. The number of thioether (sulfide) groups is 1. The highest BCUT2D eigenvalue weighted by atomic mass is 32.2. The fourth-order valence-electron chi connectivity index (χ4n) is 1.80. The molecule has 0 fully saturated rings. The lowest BCUT2D eigenvalue weighted by molar-refractivity contribution is -0.141. The van der Waals surface area contributed by atoms with E-state index in [1.54, 1.807) is 12.1 Å². The number of benzene rings is 1. The lowest BCUT2D eigenvalue weighted by Gasteiger charge is -2.09. The van der Waals surface area contributed by atoms with Crippen molar-refractivity contribution < 1.29 is 27.4 Å². The van der Waals surface area contributed by atoms with Crippen molar-refractivity contribution in [2.75, 3.05) is 20.0 Å². The van der Waals surface area contributed by atoms with E-state index < -0.39 is 11.9 Å². The lowest BCUT2D eigenvalue weighted by Crippen LogP contribution is -2.10. The van der Waals surface area contributed by atoms with E-state index in [9.17, 15) is 18.0 Å². The molecule has 0 N–H and O–H groups in total. The topological polar surface area (TPSA) is 61.3 Å². The van der Waals surface area contributed by atoms with Gasteiger partial charge in [-0.15, -0.1) is 0 Å². The number of rotatable bonds is 6. The third kappa shape index (κ3) is 4.38. The second-order valence-corrected chi connectivity index (χ2v) is 5.44. The number of ether oxygens (including phenoxy) is 2. The van der Waals surface area contributed by atoms with Crippen LogP contribution in [-0.4, -0.2) is 35.7 Å². The normalized spacial score (nSPS) is 11.2. The highest BCUT2D eigenvalue weighted by Crippen LogP contribution is 2.29. The standard InChI is InChI=1S/C15H13F3N2O3S/c1-22-9-3-4-10(12(7-9)23-2)11(21)8-24-14-19-6-5-13(20-14)15(16,17)18/h3-7H,8H2,1-2H3. The molecule has 2 aromatic rings. The SMILES string of the molecule is COc1ccc(C(=O)CSc2nccc(C(F)(F)F)n2)c(OC)c1. The molecule has 0 spiro atoms. The van der Waals surface area contributed by atoms with Crippen LogP contribution < -0.4 is 9.47 Å². The molecule has 1 aromatic heterocycles. The van der Waals surface area contributed by atoms with Gasteiger partial charge in [-0.2, -0.15) is 13.2 Å². The number of hydrogen-bond acceptors (Lipinski definition) is 6. The molecular weight excluding hydrogens is 345 g/mol. The summed E-state index contributed by atoms with van der Waals surface area (Å²) in [6.07, 6.45) is -3.54. The van der Waals surface area contributed by atoms with Crippen molar-refractivity contribution in [2.45, 2.75) is 11.3 Å². The Bertz CT molecular complexity index is 738. The fourth-order valence-corrected chi connectivity index (χ4v) is 2.52. The summed E-state index contributed by atoms with van der Waals surface area (Å²) in [5.41, 5.74) is -0.743. The second-order valence-electron chi connectivity index (χ2n) is 4.50. The average Bonchev–Trinajstić information content (AvgIpc) is 2.58. The number of hydrogen-bond donors (Lipinski definition) is 0. The van der Waals surface area contributed by atoms with Crippen LogP contribution in [0.15, 0.2) is 35.6 Å². The van der Waals surface area contributed by atoms with E-state index in [0.717, 1.165) is 24.0 Å². The summed E-state index contributed by atoms with van der Waals surface area (Å²) in [5, 5.41) is -0.120. The van der Waals surface area contributed by atoms with E-state index in [1.165, 1.54) is 20.3 Å². The molecule has 0 aliphatic rings. The Morgan fingerprint density at radius 1 is 1.21 bits per heavy atom. The Labute approximate surface area is 140 Å². The first-order valence-electron chi connectivity index (χ1n) is 6.63. The number of aromatic nitrogens is 2. The number of Topliss-reactive ketones (excluding diaryl/α,β-unsaturated/α-hetero) is 1. The molecule has 0 radical (unpaired) electrons. The molecule has 0 bridgehead atoms. The van der Waals surface area contributed by atoms with Gasteiger partial charge in [0.05, 0.1) is 25.5 Å². The number of methoxy groups -OCH3 is 2. The maximum absolute atomic E-state index is 12.6. The number of nitrogens with zero attached hydrogens (tertiary/aromatic N) is 2. The maximum Gasteiger partial charge on any atom is 0.433 e. The number of ketones is 1. The van der Waals surface area contributed by atoms with Crippen molar-refractivity contribution in [2.24, 2.45) is 0 Å². The van der Waals surface area contributed by atoms with Gasteiger partial charge in [0.1, 0.15) is 17.2 Å². The summed E-state index contributed by atoms with van der Waals surface area (Å²) in [6, 6.07) is 5.46. The minimum Gasteiger partial charge on any atom is -0.497 e. The fraction of sp³-hybridized carbons (Fsp3) is 0.267. The zero-order valence-corrected chi connectivity index (χ0v) is 13.6. The largest absolute Gasteiger partial charge is 0.497 e. The van der Waals surface area contributed by atoms with Crippen molar-refractivity contribution in [1.29, 1.82) is 0 Å². The first kappa shape index (κ1) is 18.1. The van der Waals surface area contributed by atoms with Gasteiger partial charge in [0.15, 0.2) is 10.9 Å². The molecule has 128 valence electrons. The molecule has 0 atom stereocenters. The Morgan fingerprint density at radius 3 is 2.58 bits per heavy atom. The van der Waals surface area contributed by atoms with Gasteiger partial charge in [-0.3, -0.25) is 4.79 Å². The van der Waals surface area contributed by atoms with E-state index >= 15 is 0 Å². The van der Waals surface area contributed by atoms with Gasteiger partial charge < -0.3 is 9.47 Å². The Morgan fingerprint density at radius 2 is 1.96 bits per heavy atom. The van der Waals surface area contributed by atoms with Gasteiger partial charge >= 0.3 is 6.18 Å². The number of alkyl halides is 3. The van der Waals surface area contributed by atoms with Crippen molar-refractivity contribution in [3.8, 4) is 11.5 Å². The van der Waals surface area contributed by atoms with Crippen molar-refractivity contribution >= 4 is 17.5 Å². The molecule has 0 saturated carbocycles. The summed E-state index contributed by atoms with van der Waals surface area (Å²) < 4.78 is 48.0. The van der Waals surface area contributed by atoms with Gasteiger partial charge in [-0.05, 0) is 18.2 Å². The van der Waals surface area contributed by atoms with Crippen LogP contribution in [-0.2, 0) is 6.18 Å². The van der Waals surface area contributed by atoms with E-state index in [2.05, 4.69) is 9.97 Å². The predicted molar refractivity (Wildman–Crippen MR) is 81.6 cm³/mol. The van der Waals surface area contributed by atoms with E-state index in [0.29, 0.717) is 17.1 Å². The lowest BCUT2D eigenvalue weighted by atomic mass is 10.1. The van der Waals surface area contributed by atoms with Gasteiger partial charge in [0, 0.05) is 12.3 Å². The zero-order chi connectivity index (χ0) is 17.7. The molecule has 2 rings (SSSR count). The molecule has 5 nitrogen and oxygen atoms in total. The van der Waals surface area contributed by atoms with Gasteiger partial charge in [0.25, 0.3) is 0 Å². The second kappa shape index (κ2) is 7.52. The summed E-state index contributed by atoms with van der Waals surface area (Å²) in [7, 11) is 2.89. The maximum atomic E-state index is 12.6. The van der Waals surface area contributed by atoms with Gasteiger partial charge in [-0.1, -0.05) is 11.8 Å². The molecule has 0 unspecified atom stereocenters. The monoisotopic (exact) mass is 358 g/mol. The Balaban J connectivity index is 2.11. The first-order valence-corrected chi connectivity index (χ1v) is 7.62. The summed E-state index contributed by atoms with van der Waals surface area (Å²) in [5.74, 6) is 0.409. The first-order chi connectivity index (χ1) is 11.3. The van der Waals surface area contributed by atoms with Crippen LogP contribution >= 0.6 is 11.8 Å². The van der Waals surface area contributed by atoms with Gasteiger partial charge in [0.2, 0.25) is 0 Å². The molecule has 0 amide bonds. The molecule has 0 aliphatic carbocycles. The molecule has 1 heterocycles.